The minimum absolute atomic E-state index is 0.0476. The maximum Gasteiger partial charge on any atom is 0.347 e. The highest BCUT2D eigenvalue weighted by molar-refractivity contribution is 5.82. The number of hydrogen-bond donors (Lipinski definition) is 1. The van der Waals surface area contributed by atoms with Crippen LogP contribution in [0, 0.1) is 28.1 Å². The predicted molar refractivity (Wildman–Crippen MR) is 184 cm³/mol. The van der Waals surface area contributed by atoms with E-state index in [2.05, 4.69) is 20.8 Å². The lowest BCUT2D eigenvalue weighted by molar-refractivity contribution is -0.174. The van der Waals surface area contributed by atoms with Crippen molar-refractivity contribution < 1.29 is 52.7 Å². The minimum atomic E-state index is -0.687. The molecule has 0 bridgehead atoms. The molecule has 1 N–H and O–H groups in total. The van der Waals surface area contributed by atoms with Gasteiger partial charge in [-0.1, -0.05) is 40.5 Å². The summed E-state index contributed by atoms with van der Waals surface area (Å²) in [5, 5.41) is 9.57. The van der Waals surface area contributed by atoms with Gasteiger partial charge in [-0.15, -0.1) is 0 Å². The zero-order valence-electron chi connectivity index (χ0n) is 32.3. The molecule has 49 heavy (non-hydrogen) atoms. The molecule has 5 atom stereocenters. The largest absolute Gasteiger partial charge is 0.463 e. The number of carbonyl (C=O) groups excluding carboxylic acids is 4. The first kappa shape index (κ1) is 42.9. The average molecular weight is 699 g/mol. The summed E-state index contributed by atoms with van der Waals surface area (Å²) in [4.78, 5) is 46.7. The van der Waals surface area contributed by atoms with Crippen molar-refractivity contribution in [3.63, 3.8) is 0 Å². The van der Waals surface area contributed by atoms with Crippen LogP contribution < -0.4 is 0 Å². The highest BCUT2D eigenvalue weighted by atomic mass is 16.6. The van der Waals surface area contributed by atoms with Gasteiger partial charge in [0.25, 0.3) is 0 Å². The number of esters is 4. The van der Waals surface area contributed by atoms with E-state index in [1.54, 1.807) is 13.8 Å². The Balaban J connectivity index is 0.000000257. The molecule has 1 aliphatic carbocycles. The van der Waals surface area contributed by atoms with Crippen LogP contribution in [0.5, 0.6) is 0 Å². The van der Waals surface area contributed by atoms with E-state index in [-0.39, 0.29) is 47.7 Å². The second-order valence-corrected chi connectivity index (χ2v) is 16.6. The third kappa shape index (κ3) is 11.9. The van der Waals surface area contributed by atoms with Crippen LogP contribution in [-0.2, 0) is 47.6 Å². The summed E-state index contributed by atoms with van der Waals surface area (Å²) in [5.74, 6) is 0.312. The molecule has 0 aromatic carbocycles. The topological polar surface area (TPSA) is 144 Å². The first-order valence-corrected chi connectivity index (χ1v) is 18.3. The molecule has 1 saturated carbocycles. The van der Waals surface area contributed by atoms with Crippen molar-refractivity contribution in [3.8, 4) is 0 Å². The Hall–Kier alpha value is -2.24. The lowest BCUT2D eigenvalue weighted by atomic mass is 9.75. The standard InChI is InChI=1S/C16H30O2.C12H20O5.C10H16O4/c1-7-15(3,4)14(17)18-16(5,6)13-10-8-12(2)9-11-13;1-4-12(2,3)11(14)17-8-6-16-9-7(13)5-15-10(8)9;1-4-10(2,3)9(12)14-7-5-6-13-8(7)11/h12-13H,7-11H2,1-6H3;7-10,13H,4-6H2,1-3H3;7H,4-6H2,1-3H3. The monoisotopic (exact) mass is 698 g/mol. The zero-order valence-corrected chi connectivity index (χ0v) is 32.3. The second-order valence-electron chi connectivity index (χ2n) is 16.6. The predicted octanol–water partition coefficient (Wildman–Crippen LogP) is 6.34. The molecule has 3 heterocycles. The Kier molecular flexibility index (Phi) is 15.6. The summed E-state index contributed by atoms with van der Waals surface area (Å²) >= 11 is 0. The van der Waals surface area contributed by atoms with Crippen LogP contribution >= 0.6 is 0 Å². The molecule has 3 saturated heterocycles. The number of carbonyl (C=O) groups is 4. The van der Waals surface area contributed by atoms with Crippen molar-refractivity contribution in [2.24, 2.45) is 28.1 Å². The van der Waals surface area contributed by atoms with E-state index in [1.165, 1.54) is 25.7 Å². The molecule has 0 aromatic heterocycles. The van der Waals surface area contributed by atoms with Gasteiger partial charge in [0.2, 0.25) is 6.10 Å². The highest BCUT2D eigenvalue weighted by Crippen LogP contribution is 2.38. The molecule has 11 nitrogen and oxygen atoms in total. The van der Waals surface area contributed by atoms with E-state index < -0.39 is 35.1 Å². The molecule has 4 fully saturated rings. The SMILES string of the molecule is CCC(C)(C)C(=O)OC(C)(C)C1CCC(C)CC1.CCC(C)(C)C(=O)OC1CCOC1=O.CCC(C)(C)C(=O)OC1COC2C(O)COC12. The lowest BCUT2D eigenvalue weighted by Gasteiger charge is -2.39. The molecule has 4 aliphatic rings. The Bertz CT molecular complexity index is 1100. The molecule has 5 unspecified atom stereocenters. The zero-order chi connectivity index (χ0) is 37.4. The van der Waals surface area contributed by atoms with Gasteiger partial charge in [0, 0.05) is 6.42 Å². The highest BCUT2D eigenvalue weighted by Gasteiger charge is 2.49. The average Bonchev–Trinajstić information content (AvgIpc) is 3.75. The number of hydrogen-bond acceptors (Lipinski definition) is 11. The maximum absolute atomic E-state index is 12.2. The first-order valence-electron chi connectivity index (χ1n) is 18.3. The molecule has 0 spiro atoms. The third-order valence-electron chi connectivity index (χ3n) is 11.0. The van der Waals surface area contributed by atoms with Crippen LogP contribution in [0.4, 0.5) is 0 Å². The lowest BCUT2D eigenvalue weighted by Crippen LogP contribution is -2.42. The van der Waals surface area contributed by atoms with E-state index >= 15 is 0 Å². The van der Waals surface area contributed by atoms with Gasteiger partial charge in [0.1, 0.15) is 23.9 Å². The summed E-state index contributed by atoms with van der Waals surface area (Å²) in [6, 6.07) is 0. The molecule has 0 amide bonds. The second kappa shape index (κ2) is 17.8. The van der Waals surface area contributed by atoms with Gasteiger partial charge in [-0.2, -0.15) is 0 Å². The van der Waals surface area contributed by atoms with Gasteiger partial charge in [0.15, 0.2) is 6.10 Å². The fourth-order valence-electron chi connectivity index (χ4n) is 5.56. The number of ether oxygens (including phenoxy) is 6. The molecular weight excluding hydrogens is 632 g/mol. The fourth-order valence-corrected chi connectivity index (χ4v) is 5.56. The Morgan fingerprint density at radius 1 is 0.714 bits per heavy atom. The van der Waals surface area contributed by atoms with Crippen LogP contribution in [0.2, 0.25) is 0 Å². The van der Waals surface area contributed by atoms with Crippen molar-refractivity contribution in [1.29, 1.82) is 0 Å². The molecule has 4 rings (SSSR count). The van der Waals surface area contributed by atoms with E-state index in [1.807, 2.05) is 48.5 Å². The number of rotatable bonds is 10. The van der Waals surface area contributed by atoms with E-state index in [0.717, 1.165) is 18.8 Å². The van der Waals surface area contributed by atoms with Crippen molar-refractivity contribution in [3.05, 3.63) is 0 Å². The van der Waals surface area contributed by atoms with Gasteiger partial charge in [0.05, 0.1) is 36.1 Å². The van der Waals surface area contributed by atoms with Crippen LogP contribution in [-0.4, -0.2) is 84.9 Å². The third-order valence-corrected chi connectivity index (χ3v) is 11.0. The van der Waals surface area contributed by atoms with Crippen molar-refractivity contribution in [2.75, 3.05) is 19.8 Å². The van der Waals surface area contributed by atoms with Gasteiger partial charge < -0.3 is 33.5 Å². The summed E-state index contributed by atoms with van der Waals surface area (Å²) in [6.45, 7) is 24.5. The number of fused-ring (bicyclic) bond motifs is 1. The van der Waals surface area contributed by atoms with Crippen LogP contribution in [0.25, 0.3) is 0 Å². The van der Waals surface area contributed by atoms with Crippen molar-refractivity contribution in [2.45, 2.75) is 171 Å². The quantitative estimate of drug-likeness (QED) is 0.201. The smallest absolute Gasteiger partial charge is 0.347 e. The van der Waals surface area contributed by atoms with Gasteiger partial charge in [-0.25, -0.2) is 4.79 Å². The molecule has 0 radical (unpaired) electrons. The molecule has 3 aliphatic heterocycles. The first-order chi connectivity index (χ1) is 22.6. The minimum Gasteiger partial charge on any atom is -0.463 e. The molecule has 11 heteroatoms. The summed E-state index contributed by atoms with van der Waals surface area (Å²) in [6.07, 6.45) is 5.26. The van der Waals surface area contributed by atoms with E-state index in [4.69, 9.17) is 28.4 Å². The van der Waals surface area contributed by atoms with Crippen LogP contribution in [0.1, 0.15) is 134 Å². The number of cyclic esters (lactones) is 1. The molecular formula is C38H66O11. The van der Waals surface area contributed by atoms with Gasteiger partial charge in [-0.3, -0.25) is 14.4 Å². The van der Waals surface area contributed by atoms with E-state index in [9.17, 15) is 24.3 Å². The van der Waals surface area contributed by atoms with Crippen molar-refractivity contribution in [1.82, 2.24) is 0 Å². The maximum atomic E-state index is 12.2. The van der Waals surface area contributed by atoms with E-state index in [0.29, 0.717) is 32.0 Å². The van der Waals surface area contributed by atoms with Gasteiger partial charge >= 0.3 is 23.9 Å². The Morgan fingerprint density at radius 2 is 1.20 bits per heavy atom. The van der Waals surface area contributed by atoms with Crippen LogP contribution in [0.3, 0.4) is 0 Å². The Labute approximate surface area is 294 Å². The summed E-state index contributed by atoms with van der Waals surface area (Å²) in [5.41, 5.74) is -1.69. The summed E-state index contributed by atoms with van der Waals surface area (Å²) < 4.78 is 31.8. The summed E-state index contributed by atoms with van der Waals surface area (Å²) in [7, 11) is 0. The number of aliphatic hydroxyl groups is 1. The normalized spacial score (nSPS) is 28.6. The number of aliphatic hydroxyl groups excluding tert-OH is 1. The Morgan fingerprint density at radius 3 is 1.69 bits per heavy atom. The molecule has 284 valence electrons. The fraction of sp³-hybridized carbons (Fsp3) is 0.895. The van der Waals surface area contributed by atoms with Crippen molar-refractivity contribution >= 4 is 23.9 Å². The van der Waals surface area contributed by atoms with Gasteiger partial charge in [-0.05, 0) is 99.3 Å². The van der Waals surface area contributed by atoms with Crippen LogP contribution in [0.15, 0.2) is 0 Å². The molecule has 0 aromatic rings.